The van der Waals surface area contributed by atoms with Crippen LogP contribution in [0.15, 0.2) is 24.3 Å². The number of hydrogen-bond acceptors (Lipinski definition) is 1. The number of carbonyl (C=O) groups excluding carboxylic acids is 1. The summed E-state index contributed by atoms with van der Waals surface area (Å²) in [5.74, 6) is -0.688. The van der Waals surface area contributed by atoms with Gasteiger partial charge >= 0.3 is 0 Å². The summed E-state index contributed by atoms with van der Waals surface area (Å²) in [5.41, 5.74) is 5.54. The molecule has 1 aliphatic carbocycles. The maximum absolute atomic E-state index is 14.2. The number of aryl methyl sites for hydroxylation is 1. The molecule has 2 nitrogen and oxygen atoms in total. The number of alkyl halides is 1. The van der Waals surface area contributed by atoms with Crippen molar-refractivity contribution in [2.75, 3.05) is 0 Å². The average Bonchev–Trinajstić information content (AvgIpc) is 2.28. The highest BCUT2D eigenvalue weighted by molar-refractivity contribution is 5.78. The fourth-order valence-corrected chi connectivity index (χ4v) is 2.01. The van der Waals surface area contributed by atoms with Gasteiger partial charge in [-0.15, -0.1) is 0 Å². The Hall–Kier alpha value is -1.38. The van der Waals surface area contributed by atoms with E-state index in [1.165, 1.54) is 0 Å². The third-order valence-electron chi connectivity index (χ3n) is 3.11. The molecule has 0 atom stereocenters. The Morgan fingerprint density at radius 2 is 1.76 bits per heavy atom. The smallest absolute Gasteiger partial charge is 0.220 e. The molecule has 0 unspecified atom stereocenters. The maximum atomic E-state index is 14.2. The number of rotatable bonds is 2. The maximum Gasteiger partial charge on any atom is 0.220 e. The molecule has 0 aromatic heterocycles. The molecule has 1 fully saturated rings. The van der Waals surface area contributed by atoms with Crippen LogP contribution in [0.1, 0.15) is 37.8 Å². The highest BCUT2D eigenvalue weighted by Crippen LogP contribution is 2.48. The van der Waals surface area contributed by atoms with Crippen LogP contribution in [0.25, 0.3) is 0 Å². The van der Waals surface area contributed by atoms with Crippen LogP contribution in [-0.4, -0.2) is 5.91 Å². The third kappa shape index (κ3) is 2.84. The SMILES string of the molecule is CC.Cc1ccc(C2(F)CC(C(N)=O)C2)cc1. The highest BCUT2D eigenvalue weighted by atomic mass is 19.1. The summed E-state index contributed by atoms with van der Waals surface area (Å²) in [7, 11) is 0. The molecule has 0 heterocycles. The van der Waals surface area contributed by atoms with Crippen LogP contribution in [-0.2, 0) is 10.5 Å². The summed E-state index contributed by atoms with van der Waals surface area (Å²) in [6, 6.07) is 7.33. The molecular weight excluding hydrogens is 217 g/mol. The predicted molar refractivity (Wildman–Crippen MR) is 67.2 cm³/mol. The molecule has 2 rings (SSSR count). The van der Waals surface area contributed by atoms with Crippen molar-refractivity contribution in [3.63, 3.8) is 0 Å². The van der Waals surface area contributed by atoms with Crippen molar-refractivity contribution in [2.24, 2.45) is 11.7 Å². The largest absolute Gasteiger partial charge is 0.369 e. The van der Waals surface area contributed by atoms with Crippen molar-refractivity contribution in [2.45, 2.75) is 39.3 Å². The molecule has 1 amide bonds. The van der Waals surface area contributed by atoms with Crippen LogP contribution >= 0.6 is 0 Å². The summed E-state index contributed by atoms with van der Waals surface area (Å²) < 4.78 is 14.2. The number of halogens is 1. The van der Waals surface area contributed by atoms with E-state index in [0.29, 0.717) is 5.56 Å². The van der Waals surface area contributed by atoms with Crippen LogP contribution in [0.4, 0.5) is 4.39 Å². The van der Waals surface area contributed by atoms with E-state index >= 15 is 0 Å². The third-order valence-corrected chi connectivity index (χ3v) is 3.11. The minimum absolute atomic E-state index is 0.228. The Morgan fingerprint density at radius 3 is 2.18 bits per heavy atom. The van der Waals surface area contributed by atoms with Gasteiger partial charge in [0.05, 0.1) is 0 Å². The number of hydrogen-bond donors (Lipinski definition) is 1. The molecule has 1 aromatic carbocycles. The zero-order valence-electron chi connectivity index (χ0n) is 10.7. The fraction of sp³-hybridized carbons (Fsp3) is 0.500. The summed E-state index contributed by atoms with van der Waals surface area (Å²) in [6.45, 7) is 5.96. The molecule has 0 saturated heterocycles. The Morgan fingerprint density at radius 1 is 1.29 bits per heavy atom. The van der Waals surface area contributed by atoms with E-state index in [-0.39, 0.29) is 18.8 Å². The van der Waals surface area contributed by atoms with Gasteiger partial charge in [0.2, 0.25) is 5.91 Å². The number of carbonyl (C=O) groups is 1. The lowest BCUT2D eigenvalue weighted by Crippen LogP contribution is -2.43. The Balaban J connectivity index is 0.000000686. The first kappa shape index (κ1) is 13.7. The van der Waals surface area contributed by atoms with E-state index in [0.717, 1.165) is 5.56 Å². The molecule has 1 aromatic rings. The van der Waals surface area contributed by atoms with Crippen molar-refractivity contribution >= 4 is 5.91 Å². The molecule has 0 bridgehead atoms. The normalized spacial score (nSPS) is 26.5. The van der Waals surface area contributed by atoms with Crippen molar-refractivity contribution in [3.05, 3.63) is 35.4 Å². The van der Waals surface area contributed by atoms with Gasteiger partial charge in [0.1, 0.15) is 5.67 Å². The highest BCUT2D eigenvalue weighted by Gasteiger charge is 2.48. The van der Waals surface area contributed by atoms with E-state index in [1.54, 1.807) is 12.1 Å². The second-order valence-electron chi connectivity index (χ2n) is 4.34. The monoisotopic (exact) mass is 237 g/mol. The van der Waals surface area contributed by atoms with Gasteiger partial charge in [-0.25, -0.2) is 4.39 Å². The second kappa shape index (κ2) is 5.30. The van der Waals surface area contributed by atoms with E-state index in [1.807, 2.05) is 32.9 Å². The van der Waals surface area contributed by atoms with E-state index < -0.39 is 11.6 Å². The molecule has 1 saturated carbocycles. The van der Waals surface area contributed by atoms with Gasteiger partial charge in [0.15, 0.2) is 0 Å². The lowest BCUT2D eigenvalue weighted by molar-refractivity contribution is -0.131. The topological polar surface area (TPSA) is 43.1 Å². The first-order valence-electron chi connectivity index (χ1n) is 6.07. The molecule has 3 heteroatoms. The lowest BCUT2D eigenvalue weighted by Gasteiger charge is -2.40. The minimum atomic E-state index is -1.34. The number of primary amides is 1. The molecule has 1 aliphatic rings. The fourth-order valence-electron chi connectivity index (χ4n) is 2.01. The van der Waals surface area contributed by atoms with Crippen LogP contribution in [0.5, 0.6) is 0 Å². The standard InChI is InChI=1S/C12H14FNO.C2H6/c1-8-2-4-10(5-3-8)12(13)6-9(7-12)11(14)15;1-2/h2-5,9H,6-7H2,1H3,(H2,14,15);1-2H3. The first-order chi connectivity index (χ1) is 8.01. The predicted octanol–water partition coefficient (Wildman–Crippen LogP) is 3.08. The number of benzene rings is 1. The molecule has 0 spiro atoms. The van der Waals surface area contributed by atoms with Crippen molar-refractivity contribution in [1.82, 2.24) is 0 Å². The van der Waals surface area contributed by atoms with E-state index in [2.05, 4.69) is 0 Å². The quantitative estimate of drug-likeness (QED) is 0.844. The van der Waals surface area contributed by atoms with Gasteiger partial charge in [0, 0.05) is 5.92 Å². The van der Waals surface area contributed by atoms with E-state index in [4.69, 9.17) is 5.73 Å². The molecule has 17 heavy (non-hydrogen) atoms. The van der Waals surface area contributed by atoms with Gasteiger partial charge in [-0.05, 0) is 25.3 Å². The van der Waals surface area contributed by atoms with Gasteiger partial charge < -0.3 is 5.73 Å². The number of nitrogens with two attached hydrogens (primary N) is 1. The molecule has 94 valence electrons. The van der Waals surface area contributed by atoms with E-state index in [9.17, 15) is 9.18 Å². The van der Waals surface area contributed by atoms with Crippen LogP contribution in [0, 0.1) is 12.8 Å². The van der Waals surface area contributed by atoms with Crippen molar-refractivity contribution in [1.29, 1.82) is 0 Å². The molecule has 2 N–H and O–H groups in total. The Bertz CT molecular complexity index is 380. The van der Waals surface area contributed by atoms with Gasteiger partial charge in [0.25, 0.3) is 0 Å². The van der Waals surface area contributed by atoms with Crippen molar-refractivity contribution in [3.8, 4) is 0 Å². The van der Waals surface area contributed by atoms with Crippen LogP contribution < -0.4 is 5.73 Å². The summed E-state index contributed by atoms with van der Waals surface area (Å²) in [6.07, 6.45) is 0.455. The van der Waals surface area contributed by atoms with Crippen LogP contribution in [0.3, 0.4) is 0 Å². The summed E-state index contributed by atoms with van der Waals surface area (Å²) in [4.78, 5) is 10.8. The zero-order valence-corrected chi connectivity index (χ0v) is 10.7. The molecule has 0 radical (unpaired) electrons. The average molecular weight is 237 g/mol. The second-order valence-corrected chi connectivity index (χ2v) is 4.34. The summed E-state index contributed by atoms with van der Waals surface area (Å²) in [5, 5.41) is 0. The minimum Gasteiger partial charge on any atom is -0.369 e. The lowest BCUT2D eigenvalue weighted by atomic mass is 9.68. The summed E-state index contributed by atoms with van der Waals surface area (Å²) >= 11 is 0. The van der Waals surface area contributed by atoms with Gasteiger partial charge in [-0.1, -0.05) is 43.7 Å². The van der Waals surface area contributed by atoms with Gasteiger partial charge in [-0.3, -0.25) is 4.79 Å². The van der Waals surface area contributed by atoms with Crippen molar-refractivity contribution < 1.29 is 9.18 Å². The van der Waals surface area contributed by atoms with Crippen LogP contribution in [0.2, 0.25) is 0 Å². The Kier molecular flexibility index (Phi) is 4.27. The Labute approximate surface area is 102 Å². The zero-order chi connectivity index (χ0) is 13.1. The molecular formula is C14H20FNO. The molecule has 0 aliphatic heterocycles. The number of amides is 1. The first-order valence-corrected chi connectivity index (χ1v) is 6.07. The van der Waals surface area contributed by atoms with Gasteiger partial charge in [-0.2, -0.15) is 0 Å².